The molecule has 0 N–H and O–H groups in total. The summed E-state index contributed by atoms with van der Waals surface area (Å²) in [6.07, 6.45) is 0. The first-order valence-corrected chi connectivity index (χ1v) is 12.6. The van der Waals surface area contributed by atoms with E-state index in [1.165, 1.54) is 54.6 Å². The molecular weight excluding hydrogens is 396 g/mol. The Morgan fingerprint density at radius 2 is 0.939 bits per heavy atom. The van der Waals surface area contributed by atoms with Crippen LogP contribution in [0.5, 0.6) is 0 Å². The first-order chi connectivity index (χ1) is 16.1. The molecule has 170 valence electrons. The lowest BCUT2D eigenvalue weighted by Crippen LogP contribution is -2.15. The largest absolute Gasteiger partial charge is 0.0683 e. The SMILES string of the molecule is CC.CC.CC.CC1(C)c2cc3ccccc3cc2-c2ccc3cc4ccccc4cc3c21. The van der Waals surface area contributed by atoms with E-state index in [0.717, 1.165) is 0 Å². The number of rotatable bonds is 0. The molecule has 1 aliphatic rings. The van der Waals surface area contributed by atoms with Crippen LogP contribution in [0.3, 0.4) is 0 Å². The monoisotopic (exact) mass is 434 g/mol. The second-order valence-electron chi connectivity index (χ2n) is 8.28. The molecule has 0 fully saturated rings. The Kier molecular flexibility index (Phi) is 7.59. The zero-order chi connectivity index (χ0) is 24.2. The third kappa shape index (κ3) is 4.04. The lowest BCUT2D eigenvalue weighted by Gasteiger charge is -2.23. The van der Waals surface area contributed by atoms with Crippen molar-refractivity contribution in [2.75, 3.05) is 0 Å². The molecule has 0 heterocycles. The second-order valence-corrected chi connectivity index (χ2v) is 8.28. The number of fused-ring (bicyclic) bond motifs is 7. The van der Waals surface area contributed by atoms with Crippen LogP contribution in [0.4, 0.5) is 0 Å². The van der Waals surface area contributed by atoms with E-state index < -0.39 is 0 Å². The number of benzene rings is 5. The van der Waals surface area contributed by atoms with Gasteiger partial charge >= 0.3 is 0 Å². The normalized spacial score (nSPS) is 12.5. The highest BCUT2D eigenvalue weighted by Gasteiger charge is 2.37. The highest BCUT2D eigenvalue weighted by molar-refractivity contribution is 6.05. The summed E-state index contributed by atoms with van der Waals surface area (Å²) in [4.78, 5) is 0. The minimum atomic E-state index is -0.00331. The average molecular weight is 435 g/mol. The third-order valence-corrected chi connectivity index (χ3v) is 6.36. The quantitative estimate of drug-likeness (QED) is 0.213. The van der Waals surface area contributed by atoms with Gasteiger partial charge in [0.15, 0.2) is 0 Å². The van der Waals surface area contributed by atoms with Gasteiger partial charge in [-0.25, -0.2) is 0 Å². The maximum absolute atomic E-state index is 2.40. The molecule has 0 saturated heterocycles. The zero-order valence-corrected chi connectivity index (χ0v) is 21.6. The van der Waals surface area contributed by atoms with Crippen LogP contribution >= 0.6 is 0 Å². The molecule has 1 aliphatic carbocycles. The molecule has 0 aliphatic heterocycles. The lowest BCUT2D eigenvalue weighted by molar-refractivity contribution is 0.667. The zero-order valence-electron chi connectivity index (χ0n) is 21.6. The third-order valence-electron chi connectivity index (χ3n) is 6.36. The van der Waals surface area contributed by atoms with Crippen molar-refractivity contribution in [2.24, 2.45) is 0 Å². The molecule has 0 heteroatoms. The van der Waals surface area contributed by atoms with Gasteiger partial charge in [-0.1, -0.05) is 116 Å². The smallest absolute Gasteiger partial charge is 0.0165 e. The van der Waals surface area contributed by atoms with E-state index in [1.807, 2.05) is 41.5 Å². The van der Waals surface area contributed by atoms with Gasteiger partial charge in [0.2, 0.25) is 0 Å². The van der Waals surface area contributed by atoms with Gasteiger partial charge in [0, 0.05) is 5.41 Å². The van der Waals surface area contributed by atoms with Gasteiger partial charge in [0.25, 0.3) is 0 Å². The molecule has 0 spiro atoms. The molecule has 0 aromatic heterocycles. The molecule has 0 bridgehead atoms. The van der Waals surface area contributed by atoms with E-state index in [9.17, 15) is 0 Å². The molecule has 0 atom stereocenters. The molecule has 0 radical (unpaired) electrons. The van der Waals surface area contributed by atoms with Crippen molar-refractivity contribution in [1.82, 2.24) is 0 Å². The predicted octanol–water partition coefficient (Wildman–Crippen LogP) is 10.5. The summed E-state index contributed by atoms with van der Waals surface area (Å²) >= 11 is 0. The molecular formula is C33H38. The van der Waals surface area contributed by atoms with Crippen molar-refractivity contribution in [3.05, 3.63) is 96.1 Å². The van der Waals surface area contributed by atoms with Gasteiger partial charge in [-0.3, -0.25) is 0 Å². The fourth-order valence-corrected chi connectivity index (χ4v) is 5.03. The summed E-state index contributed by atoms with van der Waals surface area (Å²) in [7, 11) is 0. The van der Waals surface area contributed by atoms with Crippen LogP contribution < -0.4 is 0 Å². The van der Waals surface area contributed by atoms with E-state index in [0.29, 0.717) is 0 Å². The van der Waals surface area contributed by atoms with E-state index in [1.54, 1.807) is 0 Å². The van der Waals surface area contributed by atoms with Crippen LogP contribution in [-0.2, 0) is 5.41 Å². The first kappa shape index (κ1) is 24.5. The van der Waals surface area contributed by atoms with Gasteiger partial charge in [-0.2, -0.15) is 0 Å². The second kappa shape index (κ2) is 10.2. The average Bonchev–Trinajstić information content (AvgIpc) is 3.11. The van der Waals surface area contributed by atoms with Gasteiger partial charge < -0.3 is 0 Å². The van der Waals surface area contributed by atoms with Crippen LogP contribution in [0.1, 0.15) is 66.5 Å². The summed E-state index contributed by atoms with van der Waals surface area (Å²) in [5.41, 5.74) is 5.69. The van der Waals surface area contributed by atoms with Crippen LogP contribution in [0.25, 0.3) is 43.4 Å². The van der Waals surface area contributed by atoms with E-state index in [2.05, 4.69) is 98.8 Å². The Balaban J connectivity index is 0.000000475. The summed E-state index contributed by atoms with van der Waals surface area (Å²) in [5, 5.41) is 7.99. The summed E-state index contributed by atoms with van der Waals surface area (Å²) in [5.74, 6) is 0. The summed E-state index contributed by atoms with van der Waals surface area (Å²) in [6.45, 7) is 16.8. The molecule has 0 amide bonds. The molecule has 6 rings (SSSR count). The van der Waals surface area contributed by atoms with E-state index in [4.69, 9.17) is 0 Å². The molecule has 0 nitrogen and oxygen atoms in total. The first-order valence-electron chi connectivity index (χ1n) is 12.6. The molecule has 5 aromatic carbocycles. The standard InChI is InChI=1S/C27H20.3C2H6/c1-27(2)25-16-20-10-6-5-9-19(20)15-24(25)22-12-11-21-13-17-7-3-4-8-18(17)14-23(21)26(22)27;3*1-2/h3-16H,1-2H3;3*1-2H3. The highest BCUT2D eigenvalue weighted by atomic mass is 14.4. The Morgan fingerprint density at radius 1 is 0.455 bits per heavy atom. The van der Waals surface area contributed by atoms with Crippen LogP contribution in [-0.4, -0.2) is 0 Å². The van der Waals surface area contributed by atoms with Crippen LogP contribution in [0, 0.1) is 0 Å². The van der Waals surface area contributed by atoms with Gasteiger partial charge in [0.1, 0.15) is 0 Å². The Bertz CT molecular complexity index is 1390. The number of hydrogen-bond acceptors (Lipinski definition) is 0. The van der Waals surface area contributed by atoms with Gasteiger partial charge in [-0.15, -0.1) is 0 Å². The summed E-state index contributed by atoms with van der Waals surface area (Å²) < 4.78 is 0. The Morgan fingerprint density at radius 3 is 1.52 bits per heavy atom. The minimum absolute atomic E-state index is 0.00331. The van der Waals surface area contributed by atoms with Crippen LogP contribution in [0.15, 0.2) is 84.9 Å². The molecule has 5 aromatic rings. The lowest BCUT2D eigenvalue weighted by atomic mass is 9.79. The minimum Gasteiger partial charge on any atom is -0.0683 e. The van der Waals surface area contributed by atoms with Crippen molar-refractivity contribution in [3.63, 3.8) is 0 Å². The molecule has 0 saturated carbocycles. The van der Waals surface area contributed by atoms with E-state index in [-0.39, 0.29) is 5.41 Å². The van der Waals surface area contributed by atoms with Gasteiger partial charge in [0.05, 0.1) is 0 Å². The van der Waals surface area contributed by atoms with Crippen molar-refractivity contribution in [1.29, 1.82) is 0 Å². The van der Waals surface area contributed by atoms with Crippen molar-refractivity contribution in [3.8, 4) is 11.1 Å². The summed E-state index contributed by atoms with van der Waals surface area (Å²) in [6, 6.07) is 31.5. The fourth-order valence-electron chi connectivity index (χ4n) is 5.03. The topological polar surface area (TPSA) is 0 Å². The van der Waals surface area contributed by atoms with Crippen molar-refractivity contribution in [2.45, 2.75) is 60.8 Å². The van der Waals surface area contributed by atoms with Crippen LogP contribution in [0.2, 0.25) is 0 Å². The number of hydrogen-bond donors (Lipinski definition) is 0. The van der Waals surface area contributed by atoms with Crippen molar-refractivity contribution < 1.29 is 0 Å². The molecule has 0 unspecified atom stereocenters. The Labute approximate surface area is 200 Å². The van der Waals surface area contributed by atoms with Crippen molar-refractivity contribution >= 4 is 32.3 Å². The predicted molar refractivity (Wildman–Crippen MR) is 151 cm³/mol. The van der Waals surface area contributed by atoms with E-state index >= 15 is 0 Å². The Hall–Kier alpha value is -3.12. The maximum atomic E-state index is 2.40. The highest BCUT2D eigenvalue weighted by Crippen LogP contribution is 2.52. The van der Waals surface area contributed by atoms with Gasteiger partial charge in [-0.05, 0) is 78.8 Å². The fraction of sp³-hybridized carbons (Fsp3) is 0.273. The molecule has 33 heavy (non-hydrogen) atoms. The maximum Gasteiger partial charge on any atom is 0.0165 e.